The van der Waals surface area contributed by atoms with Crippen LogP contribution in [0.4, 0.5) is 4.79 Å². The monoisotopic (exact) mass is 382 g/mol. The zero-order chi connectivity index (χ0) is 19.6. The number of carbonyl (C=O) groups is 1. The maximum absolute atomic E-state index is 11.7. The highest BCUT2D eigenvalue weighted by molar-refractivity contribution is 5.78. The summed E-state index contributed by atoms with van der Waals surface area (Å²) in [4.78, 5) is 23.1. The minimum Gasteiger partial charge on any atom is -0.450 e. The Labute approximate surface area is 164 Å². The van der Waals surface area contributed by atoms with E-state index in [0.29, 0.717) is 31.6 Å². The van der Waals surface area contributed by atoms with E-state index in [-0.39, 0.29) is 12.1 Å². The fourth-order valence-electron chi connectivity index (χ4n) is 3.72. The second kappa shape index (κ2) is 11.3. The van der Waals surface area contributed by atoms with Crippen LogP contribution in [0.15, 0.2) is 4.99 Å². The van der Waals surface area contributed by atoms with E-state index >= 15 is 0 Å². The molecule has 2 aliphatic heterocycles. The Morgan fingerprint density at radius 3 is 2.37 bits per heavy atom. The summed E-state index contributed by atoms with van der Waals surface area (Å²) in [5, 5.41) is 3.31. The van der Waals surface area contributed by atoms with Gasteiger partial charge in [0, 0.05) is 58.4 Å². The van der Waals surface area contributed by atoms with Gasteiger partial charge in [0.05, 0.1) is 6.61 Å². The number of nitrogens with zero attached hydrogens (tertiary/aromatic N) is 4. The summed E-state index contributed by atoms with van der Waals surface area (Å²) < 4.78 is 5.05. The molecule has 27 heavy (non-hydrogen) atoms. The number of piperazine rings is 1. The average Bonchev–Trinajstić information content (AvgIpc) is 2.68. The first-order valence-corrected chi connectivity index (χ1v) is 10.4. The number of rotatable bonds is 7. The van der Waals surface area contributed by atoms with Gasteiger partial charge < -0.3 is 30.5 Å². The minimum atomic E-state index is -0.216. The summed E-state index contributed by atoms with van der Waals surface area (Å²) in [6.45, 7) is 15.7. The lowest BCUT2D eigenvalue weighted by atomic mass is 10.1. The summed E-state index contributed by atoms with van der Waals surface area (Å²) in [7, 11) is 0. The Hall–Kier alpha value is -1.54. The van der Waals surface area contributed by atoms with Crippen molar-refractivity contribution < 1.29 is 9.53 Å². The van der Waals surface area contributed by atoms with Gasteiger partial charge in [0.15, 0.2) is 5.96 Å². The van der Waals surface area contributed by atoms with E-state index in [4.69, 9.17) is 10.5 Å². The minimum absolute atomic E-state index is 0.216. The topological polar surface area (TPSA) is 86.4 Å². The summed E-state index contributed by atoms with van der Waals surface area (Å²) in [5.41, 5.74) is 6.08. The van der Waals surface area contributed by atoms with Gasteiger partial charge in [-0.15, -0.1) is 0 Å². The van der Waals surface area contributed by atoms with Crippen molar-refractivity contribution >= 4 is 12.1 Å². The van der Waals surface area contributed by atoms with Crippen molar-refractivity contribution in [2.24, 2.45) is 16.6 Å². The van der Waals surface area contributed by atoms with Gasteiger partial charge in [0.2, 0.25) is 0 Å². The number of guanidine groups is 1. The second-order valence-corrected chi connectivity index (χ2v) is 7.67. The molecule has 1 amide bonds. The first kappa shape index (κ1) is 21.8. The Morgan fingerprint density at radius 2 is 1.78 bits per heavy atom. The zero-order valence-electron chi connectivity index (χ0n) is 17.3. The molecule has 8 nitrogen and oxygen atoms in total. The van der Waals surface area contributed by atoms with Gasteiger partial charge in [-0.1, -0.05) is 13.8 Å². The zero-order valence-corrected chi connectivity index (χ0v) is 17.3. The van der Waals surface area contributed by atoms with Gasteiger partial charge in [0.25, 0.3) is 0 Å². The fourth-order valence-corrected chi connectivity index (χ4v) is 3.72. The molecule has 3 N–H and O–H groups in total. The van der Waals surface area contributed by atoms with E-state index < -0.39 is 0 Å². The quantitative estimate of drug-likeness (QED) is 0.500. The van der Waals surface area contributed by atoms with Crippen molar-refractivity contribution in [2.45, 2.75) is 39.7 Å². The lowest BCUT2D eigenvalue weighted by molar-refractivity contribution is 0.0963. The molecule has 0 aliphatic carbocycles. The molecule has 0 aromatic heterocycles. The van der Waals surface area contributed by atoms with Crippen LogP contribution in [0.2, 0.25) is 0 Å². The number of nitrogens with two attached hydrogens (primary N) is 1. The van der Waals surface area contributed by atoms with Gasteiger partial charge in [-0.25, -0.2) is 4.79 Å². The van der Waals surface area contributed by atoms with Crippen LogP contribution in [-0.4, -0.2) is 98.3 Å². The maximum Gasteiger partial charge on any atom is 0.409 e. The van der Waals surface area contributed by atoms with Crippen molar-refractivity contribution in [2.75, 3.05) is 65.5 Å². The number of piperidine rings is 1. The molecule has 8 heteroatoms. The Morgan fingerprint density at radius 1 is 1.15 bits per heavy atom. The fraction of sp³-hybridized carbons (Fsp3) is 0.895. The van der Waals surface area contributed by atoms with E-state index in [0.717, 1.165) is 45.6 Å². The van der Waals surface area contributed by atoms with Crippen LogP contribution in [0.1, 0.15) is 33.6 Å². The van der Waals surface area contributed by atoms with E-state index in [1.807, 2.05) is 6.92 Å². The largest absolute Gasteiger partial charge is 0.450 e. The molecule has 0 spiro atoms. The molecule has 2 saturated heterocycles. The average molecular weight is 383 g/mol. The molecule has 2 rings (SSSR count). The number of likely N-dealkylation sites (N-methyl/N-ethyl adjacent to an activating group) is 1. The van der Waals surface area contributed by atoms with Crippen LogP contribution >= 0.6 is 0 Å². The van der Waals surface area contributed by atoms with Crippen molar-refractivity contribution in [1.82, 2.24) is 20.0 Å². The second-order valence-electron chi connectivity index (χ2n) is 7.67. The van der Waals surface area contributed by atoms with Crippen LogP contribution in [0.25, 0.3) is 0 Å². The molecular formula is C19H38N6O2. The highest BCUT2D eigenvalue weighted by atomic mass is 16.6. The molecule has 0 bridgehead atoms. The van der Waals surface area contributed by atoms with Crippen LogP contribution in [0.3, 0.4) is 0 Å². The number of nitrogens with one attached hydrogen (secondary N) is 1. The molecule has 0 aromatic rings. The Bertz CT molecular complexity index is 471. The molecule has 2 heterocycles. The first-order valence-electron chi connectivity index (χ1n) is 10.4. The van der Waals surface area contributed by atoms with E-state index in [2.05, 4.69) is 34.0 Å². The standard InChI is InChI=1S/C19H38N6O2/c1-4-23-10-12-24(13-11-23)15-16(3)14-21-18(20)22-17-6-8-25(9-7-17)19(26)27-5-2/h16-17H,4-15H2,1-3H3,(H3,20,21,22). The number of likely N-dealkylation sites (tertiary alicyclic amines) is 1. The van der Waals surface area contributed by atoms with Gasteiger partial charge in [-0.3, -0.25) is 4.99 Å². The highest BCUT2D eigenvalue weighted by Crippen LogP contribution is 2.11. The number of amides is 1. The maximum atomic E-state index is 11.7. The molecular weight excluding hydrogens is 344 g/mol. The number of hydrogen-bond donors (Lipinski definition) is 2. The molecule has 1 atom stereocenters. The van der Waals surface area contributed by atoms with Crippen molar-refractivity contribution in [3.63, 3.8) is 0 Å². The van der Waals surface area contributed by atoms with Gasteiger partial charge in [-0.2, -0.15) is 0 Å². The van der Waals surface area contributed by atoms with Crippen LogP contribution in [0, 0.1) is 5.92 Å². The first-order chi connectivity index (χ1) is 13.0. The van der Waals surface area contributed by atoms with Gasteiger partial charge >= 0.3 is 6.09 Å². The molecule has 2 fully saturated rings. The molecule has 0 radical (unpaired) electrons. The smallest absolute Gasteiger partial charge is 0.409 e. The van der Waals surface area contributed by atoms with Crippen LogP contribution < -0.4 is 11.1 Å². The molecule has 0 aromatic carbocycles. The summed E-state index contributed by atoms with van der Waals surface area (Å²) in [6.07, 6.45) is 1.52. The van der Waals surface area contributed by atoms with E-state index in [1.165, 1.54) is 13.1 Å². The number of hydrogen-bond acceptors (Lipinski definition) is 5. The molecule has 156 valence electrons. The van der Waals surface area contributed by atoms with Crippen molar-refractivity contribution in [1.29, 1.82) is 0 Å². The third-order valence-electron chi connectivity index (χ3n) is 5.43. The predicted molar refractivity (Wildman–Crippen MR) is 109 cm³/mol. The number of ether oxygens (including phenoxy) is 1. The molecule has 1 unspecified atom stereocenters. The number of carbonyl (C=O) groups excluding carboxylic acids is 1. The van der Waals surface area contributed by atoms with E-state index in [1.54, 1.807) is 4.90 Å². The lowest BCUT2D eigenvalue weighted by Gasteiger charge is -2.35. The van der Waals surface area contributed by atoms with Gasteiger partial charge in [0.1, 0.15) is 0 Å². The predicted octanol–water partition coefficient (Wildman–Crippen LogP) is 0.785. The lowest BCUT2D eigenvalue weighted by Crippen LogP contribution is -2.49. The van der Waals surface area contributed by atoms with Crippen molar-refractivity contribution in [3.8, 4) is 0 Å². The normalized spacial score (nSPS) is 21.9. The van der Waals surface area contributed by atoms with Gasteiger partial charge in [-0.05, 0) is 32.2 Å². The van der Waals surface area contributed by atoms with Crippen LogP contribution in [-0.2, 0) is 4.74 Å². The summed E-state index contributed by atoms with van der Waals surface area (Å²) >= 11 is 0. The Balaban J connectivity index is 1.63. The van der Waals surface area contributed by atoms with Crippen LogP contribution in [0.5, 0.6) is 0 Å². The number of aliphatic imine (C=N–C) groups is 1. The summed E-state index contributed by atoms with van der Waals surface area (Å²) in [5.74, 6) is 1.01. The third kappa shape index (κ3) is 7.54. The van der Waals surface area contributed by atoms with Crippen molar-refractivity contribution in [3.05, 3.63) is 0 Å². The highest BCUT2D eigenvalue weighted by Gasteiger charge is 2.23. The summed E-state index contributed by atoms with van der Waals surface area (Å²) in [6, 6.07) is 0.275. The SMILES string of the molecule is CCOC(=O)N1CCC(NC(N)=NCC(C)CN2CCN(CC)CC2)CC1. The molecule has 0 saturated carbocycles. The third-order valence-corrected chi connectivity index (χ3v) is 5.43. The molecule has 2 aliphatic rings. The Kier molecular flexibility index (Phi) is 9.14. The van der Waals surface area contributed by atoms with E-state index in [9.17, 15) is 4.79 Å².